The van der Waals surface area contributed by atoms with Gasteiger partial charge in [0.05, 0.1) is 0 Å². The van der Waals surface area contributed by atoms with Crippen molar-refractivity contribution in [2.45, 2.75) is 19.0 Å². The van der Waals surface area contributed by atoms with E-state index in [1.807, 2.05) is 0 Å². The SMILES string of the molecule is CN(C)C(=O)N1CCC(C(F)C(=O)O)CC1. The Balaban J connectivity index is 2.45. The summed E-state index contributed by atoms with van der Waals surface area (Å²) in [7, 11) is 3.31. The first-order valence-electron chi connectivity index (χ1n) is 5.26. The fourth-order valence-corrected chi connectivity index (χ4v) is 1.87. The molecule has 2 amide bonds. The highest BCUT2D eigenvalue weighted by atomic mass is 19.1. The van der Waals surface area contributed by atoms with Crippen LogP contribution in [0.3, 0.4) is 0 Å². The molecular formula is C10H17FN2O3. The van der Waals surface area contributed by atoms with Gasteiger partial charge in [-0.1, -0.05) is 0 Å². The number of alkyl halides is 1. The van der Waals surface area contributed by atoms with Crippen molar-refractivity contribution in [3.8, 4) is 0 Å². The number of likely N-dealkylation sites (tertiary alicyclic amines) is 1. The Labute approximate surface area is 93.8 Å². The summed E-state index contributed by atoms with van der Waals surface area (Å²) >= 11 is 0. The molecule has 1 saturated heterocycles. The zero-order valence-electron chi connectivity index (χ0n) is 9.52. The van der Waals surface area contributed by atoms with Gasteiger partial charge in [-0.2, -0.15) is 0 Å². The quantitative estimate of drug-likeness (QED) is 0.766. The molecule has 1 rings (SSSR count). The Kier molecular flexibility index (Phi) is 4.09. The summed E-state index contributed by atoms with van der Waals surface area (Å²) in [6.45, 7) is 0.852. The molecule has 0 aromatic carbocycles. The van der Waals surface area contributed by atoms with Gasteiger partial charge in [-0.15, -0.1) is 0 Å². The van der Waals surface area contributed by atoms with Crippen molar-refractivity contribution in [2.24, 2.45) is 5.92 Å². The molecular weight excluding hydrogens is 215 g/mol. The Morgan fingerprint density at radius 2 is 1.88 bits per heavy atom. The van der Waals surface area contributed by atoms with E-state index in [0.29, 0.717) is 25.9 Å². The van der Waals surface area contributed by atoms with Crippen molar-refractivity contribution in [3.63, 3.8) is 0 Å². The molecule has 1 heterocycles. The average Bonchev–Trinajstić information content (AvgIpc) is 2.27. The number of hydrogen-bond acceptors (Lipinski definition) is 2. The standard InChI is InChI=1S/C10H17FN2O3/c1-12(2)10(16)13-5-3-7(4-6-13)8(11)9(14)15/h7-8H,3-6H2,1-2H3,(H,14,15). The number of nitrogens with zero attached hydrogens (tertiary/aromatic N) is 2. The van der Waals surface area contributed by atoms with Crippen LogP contribution < -0.4 is 0 Å². The van der Waals surface area contributed by atoms with Gasteiger partial charge >= 0.3 is 12.0 Å². The first-order chi connectivity index (χ1) is 7.43. The van der Waals surface area contributed by atoms with Crippen LogP contribution in [0.5, 0.6) is 0 Å². The number of piperidine rings is 1. The number of carbonyl (C=O) groups excluding carboxylic acids is 1. The molecule has 6 heteroatoms. The highest BCUT2D eigenvalue weighted by Gasteiger charge is 2.32. The molecule has 0 saturated carbocycles. The van der Waals surface area contributed by atoms with Crippen LogP contribution in [0.25, 0.3) is 0 Å². The molecule has 1 aliphatic heterocycles. The van der Waals surface area contributed by atoms with Gasteiger partial charge in [0.25, 0.3) is 0 Å². The van der Waals surface area contributed by atoms with Crippen molar-refractivity contribution < 1.29 is 19.1 Å². The lowest BCUT2D eigenvalue weighted by Gasteiger charge is -2.33. The maximum Gasteiger partial charge on any atom is 0.338 e. The molecule has 0 aromatic heterocycles. The highest BCUT2D eigenvalue weighted by molar-refractivity contribution is 5.74. The molecule has 16 heavy (non-hydrogen) atoms. The average molecular weight is 232 g/mol. The van der Waals surface area contributed by atoms with Gasteiger partial charge in [-0.3, -0.25) is 0 Å². The van der Waals surface area contributed by atoms with Crippen molar-refractivity contribution in [1.29, 1.82) is 0 Å². The van der Waals surface area contributed by atoms with Crippen molar-refractivity contribution in [3.05, 3.63) is 0 Å². The second-order valence-corrected chi connectivity index (χ2v) is 4.24. The van der Waals surface area contributed by atoms with Crippen LogP contribution in [-0.4, -0.2) is 60.3 Å². The fraction of sp³-hybridized carbons (Fsp3) is 0.800. The smallest absolute Gasteiger partial charge is 0.338 e. The lowest BCUT2D eigenvalue weighted by Crippen LogP contribution is -2.45. The fourth-order valence-electron chi connectivity index (χ4n) is 1.87. The summed E-state index contributed by atoms with van der Waals surface area (Å²) in [5.74, 6) is -1.87. The van der Waals surface area contributed by atoms with Gasteiger partial charge in [0.1, 0.15) is 0 Å². The number of aliphatic carboxylic acids is 1. The summed E-state index contributed by atoms with van der Waals surface area (Å²) < 4.78 is 13.2. The number of carboxylic acid groups (broad SMARTS) is 1. The van der Waals surface area contributed by atoms with E-state index in [-0.39, 0.29) is 6.03 Å². The molecule has 0 spiro atoms. The monoisotopic (exact) mass is 232 g/mol. The number of amides is 2. The van der Waals surface area contributed by atoms with Gasteiger partial charge in [-0.25, -0.2) is 14.0 Å². The van der Waals surface area contributed by atoms with E-state index in [2.05, 4.69) is 0 Å². The molecule has 92 valence electrons. The van der Waals surface area contributed by atoms with E-state index >= 15 is 0 Å². The topological polar surface area (TPSA) is 60.9 Å². The normalized spacial score (nSPS) is 19.3. The Morgan fingerprint density at radius 3 is 2.25 bits per heavy atom. The maximum absolute atomic E-state index is 13.2. The Morgan fingerprint density at radius 1 is 1.38 bits per heavy atom. The van der Waals surface area contributed by atoms with Crippen LogP contribution in [0.1, 0.15) is 12.8 Å². The first-order valence-corrected chi connectivity index (χ1v) is 5.26. The predicted octanol–water partition coefficient (Wildman–Crippen LogP) is 0.803. The van der Waals surface area contributed by atoms with E-state index in [1.54, 1.807) is 19.0 Å². The second-order valence-electron chi connectivity index (χ2n) is 4.24. The molecule has 0 aromatic rings. The number of urea groups is 1. The summed E-state index contributed by atoms with van der Waals surface area (Å²) in [4.78, 5) is 25.1. The molecule has 1 unspecified atom stereocenters. The minimum atomic E-state index is -1.81. The van der Waals surface area contributed by atoms with Crippen molar-refractivity contribution in [1.82, 2.24) is 9.80 Å². The molecule has 5 nitrogen and oxygen atoms in total. The van der Waals surface area contributed by atoms with Crippen LogP contribution in [-0.2, 0) is 4.79 Å². The first kappa shape index (κ1) is 12.7. The third-order valence-corrected chi connectivity index (χ3v) is 2.84. The zero-order chi connectivity index (χ0) is 12.3. The summed E-state index contributed by atoms with van der Waals surface area (Å²) in [6.07, 6.45) is -0.989. The largest absolute Gasteiger partial charge is 0.479 e. The molecule has 1 atom stereocenters. The van der Waals surface area contributed by atoms with E-state index in [9.17, 15) is 14.0 Å². The van der Waals surface area contributed by atoms with Gasteiger partial charge in [0.15, 0.2) is 6.17 Å². The zero-order valence-corrected chi connectivity index (χ0v) is 9.52. The molecule has 0 bridgehead atoms. The number of rotatable bonds is 2. The van der Waals surface area contributed by atoms with Gasteiger partial charge in [-0.05, 0) is 12.8 Å². The van der Waals surface area contributed by atoms with Gasteiger partial charge in [0.2, 0.25) is 0 Å². The Bertz CT molecular complexity index is 275. The molecule has 0 radical (unpaired) electrons. The summed E-state index contributed by atoms with van der Waals surface area (Å²) in [5, 5.41) is 8.53. The maximum atomic E-state index is 13.2. The van der Waals surface area contributed by atoms with Crippen LogP contribution >= 0.6 is 0 Å². The van der Waals surface area contributed by atoms with Crippen LogP contribution in [0.15, 0.2) is 0 Å². The number of halogens is 1. The van der Waals surface area contributed by atoms with E-state index < -0.39 is 18.1 Å². The number of carbonyl (C=O) groups is 2. The third kappa shape index (κ3) is 2.84. The molecule has 1 fully saturated rings. The molecule has 1 N–H and O–H groups in total. The third-order valence-electron chi connectivity index (χ3n) is 2.84. The van der Waals surface area contributed by atoms with E-state index in [1.165, 1.54) is 4.90 Å². The van der Waals surface area contributed by atoms with Crippen LogP contribution in [0, 0.1) is 5.92 Å². The second kappa shape index (κ2) is 5.14. The molecule has 0 aliphatic carbocycles. The summed E-state index contributed by atoms with van der Waals surface area (Å²) in [5.41, 5.74) is 0. The minimum absolute atomic E-state index is 0.107. The van der Waals surface area contributed by atoms with Crippen LogP contribution in [0.2, 0.25) is 0 Å². The lowest BCUT2D eigenvalue weighted by atomic mass is 9.92. The van der Waals surface area contributed by atoms with Crippen LogP contribution in [0.4, 0.5) is 9.18 Å². The number of hydrogen-bond donors (Lipinski definition) is 1. The molecule has 1 aliphatic rings. The van der Waals surface area contributed by atoms with E-state index in [0.717, 1.165) is 0 Å². The predicted molar refractivity (Wildman–Crippen MR) is 55.9 cm³/mol. The van der Waals surface area contributed by atoms with E-state index in [4.69, 9.17) is 5.11 Å². The van der Waals surface area contributed by atoms with Crippen molar-refractivity contribution >= 4 is 12.0 Å². The van der Waals surface area contributed by atoms with Crippen molar-refractivity contribution in [2.75, 3.05) is 27.2 Å². The minimum Gasteiger partial charge on any atom is -0.479 e. The van der Waals surface area contributed by atoms with Gasteiger partial charge in [0, 0.05) is 33.1 Å². The van der Waals surface area contributed by atoms with Gasteiger partial charge < -0.3 is 14.9 Å². The summed E-state index contributed by atoms with van der Waals surface area (Å²) in [6, 6.07) is -0.107. The highest BCUT2D eigenvalue weighted by Crippen LogP contribution is 2.23. The Hall–Kier alpha value is -1.33. The number of carboxylic acids is 1. The lowest BCUT2D eigenvalue weighted by molar-refractivity contribution is -0.145.